The van der Waals surface area contributed by atoms with Gasteiger partial charge in [-0.2, -0.15) is 0 Å². The highest BCUT2D eigenvalue weighted by molar-refractivity contribution is 7.89. The minimum absolute atomic E-state index is 0.0647. The molecule has 2 N–H and O–H groups in total. The lowest BCUT2D eigenvalue weighted by molar-refractivity contribution is -0.123. The number of nitrogens with zero attached hydrogens (tertiary/aromatic N) is 1. The molecule has 0 atom stereocenters. The Morgan fingerprint density at radius 3 is 2.21 bits per heavy atom. The molecule has 11 heteroatoms. The maximum absolute atomic E-state index is 12.8. The van der Waals surface area contributed by atoms with Crippen LogP contribution < -0.4 is 15.6 Å². The van der Waals surface area contributed by atoms with E-state index in [1.165, 1.54) is 62.7 Å². The van der Waals surface area contributed by atoms with Gasteiger partial charge in [-0.05, 0) is 48.5 Å². The maximum atomic E-state index is 12.8. The molecule has 28 heavy (non-hydrogen) atoms. The molecule has 150 valence electrons. The second-order valence-electron chi connectivity index (χ2n) is 5.37. The molecule has 2 aromatic rings. The van der Waals surface area contributed by atoms with Crippen molar-refractivity contribution in [2.24, 2.45) is 0 Å². The van der Waals surface area contributed by atoms with Gasteiger partial charge in [0, 0.05) is 12.6 Å². The van der Waals surface area contributed by atoms with E-state index >= 15 is 0 Å². The number of amides is 2. The molecule has 0 unspecified atom stereocenters. The van der Waals surface area contributed by atoms with Gasteiger partial charge in [-0.3, -0.25) is 25.3 Å². The molecule has 0 spiro atoms. The lowest BCUT2D eigenvalue weighted by Gasteiger charge is -2.14. The fourth-order valence-electron chi connectivity index (χ4n) is 1.94. The van der Waals surface area contributed by atoms with Crippen LogP contribution in [0.5, 0.6) is 5.75 Å². The van der Waals surface area contributed by atoms with Gasteiger partial charge >= 0.3 is 0 Å². The number of hydrogen-bond donors (Lipinski definition) is 2. The fraction of sp³-hybridized carbons (Fsp3) is 0.176. The second-order valence-corrected chi connectivity index (χ2v) is 7.30. The minimum atomic E-state index is -3.82. The Bertz CT molecular complexity index is 932. The van der Waals surface area contributed by atoms with Crippen molar-refractivity contribution in [3.63, 3.8) is 0 Å². The summed E-state index contributed by atoms with van der Waals surface area (Å²) in [5, 5.41) is 0. The van der Waals surface area contributed by atoms with Crippen molar-refractivity contribution < 1.29 is 32.0 Å². The molecule has 2 amide bonds. The zero-order valence-corrected chi connectivity index (χ0v) is 15.8. The average Bonchev–Trinajstić information content (AvgIpc) is 2.70. The Balaban J connectivity index is 1.87. The van der Waals surface area contributed by atoms with Gasteiger partial charge in [-0.15, -0.1) is 0 Å². The van der Waals surface area contributed by atoms with Gasteiger partial charge in [0.15, 0.2) is 6.61 Å². The first-order chi connectivity index (χ1) is 13.2. The van der Waals surface area contributed by atoms with Crippen LogP contribution in [0.4, 0.5) is 4.39 Å². The van der Waals surface area contributed by atoms with Crippen molar-refractivity contribution in [3.05, 3.63) is 59.9 Å². The van der Waals surface area contributed by atoms with E-state index in [1.807, 2.05) is 0 Å². The van der Waals surface area contributed by atoms with Gasteiger partial charge in [-0.1, -0.05) is 4.47 Å². The molecule has 0 aliphatic carbocycles. The molecule has 2 rings (SSSR count). The van der Waals surface area contributed by atoms with Crippen LogP contribution in [-0.4, -0.2) is 45.5 Å². The lowest BCUT2D eigenvalue weighted by atomic mass is 10.2. The smallest absolute Gasteiger partial charge is 0.276 e. The summed E-state index contributed by atoms with van der Waals surface area (Å²) < 4.78 is 42.7. The van der Waals surface area contributed by atoms with Gasteiger partial charge < -0.3 is 4.74 Å². The topological polar surface area (TPSA) is 114 Å². The Labute approximate surface area is 161 Å². The number of sulfonamides is 1. The number of carbonyl (C=O) groups is 2. The highest BCUT2D eigenvalue weighted by Gasteiger charge is 2.21. The van der Waals surface area contributed by atoms with E-state index in [0.29, 0.717) is 10.2 Å². The van der Waals surface area contributed by atoms with Gasteiger partial charge in [0.25, 0.3) is 21.8 Å². The van der Waals surface area contributed by atoms with E-state index in [2.05, 4.69) is 15.7 Å². The number of carbonyl (C=O) groups excluding carboxylic acids is 2. The number of benzene rings is 2. The van der Waals surface area contributed by atoms with Gasteiger partial charge in [0.05, 0.1) is 12.0 Å². The molecule has 0 radical (unpaired) electrons. The zero-order chi connectivity index (χ0) is 20.7. The van der Waals surface area contributed by atoms with Crippen molar-refractivity contribution in [2.75, 3.05) is 20.8 Å². The molecule has 0 bridgehead atoms. The third-order valence-corrected chi connectivity index (χ3v) is 5.20. The largest absolute Gasteiger partial charge is 0.484 e. The maximum Gasteiger partial charge on any atom is 0.276 e. The normalized spacial score (nSPS) is 11.1. The Morgan fingerprint density at radius 1 is 1.04 bits per heavy atom. The first kappa shape index (κ1) is 21.3. The Kier molecular flexibility index (Phi) is 7.04. The highest BCUT2D eigenvalue weighted by atomic mass is 32.2. The van der Waals surface area contributed by atoms with E-state index in [1.54, 1.807) is 0 Å². The number of hydroxylamine groups is 1. The molecule has 0 heterocycles. The summed E-state index contributed by atoms with van der Waals surface area (Å²) in [5.74, 6) is -1.43. The summed E-state index contributed by atoms with van der Waals surface area (Å²) in [6, 6.07) is 10.1. The molecule has 0 aliphatic heterocycles. The number of halogens is 1. The third-order valence-electron chi connectivity index (χ3n) is 3.51. The highest BCUT2D eigenvalue weighted by Crippen LogP contribution is 2.15. The van der Waals surface area contributed by atoms with Crippen molar-refractivity contribution in [2.45, 2.75) is 4.90 Å². The molecular formula is C17H18FN3O6S. The molecule has 0 saturated carbocycles. The van der Waals surface area contributed by atoms with Crippen molar-refractivity contribution in [1.29, 1.82) is 0 Å². The quantitative estimate of drug-likeness (QED) is 0.653. The van der Waals surface area contributed by atoms with Crippen molar-refractivity contribution >= 4 is 21.8 Å². The molecule has 2 aromatic carbocycles. The molecule has 0 fully saturated rings. The summed E-state index contributed by atoms with van der Waals surface area (Å²) >= 11 is 0. The summed E-state index contributed by atoms with van der Waals surface area (Å²) in [4.78, 5) is 28.3. The number of rotatable bonds is 7. The van der Waals surface area contributed by atoms with E-state index in [9.17, 15) is 22.4 Å². The monoisotopic (exact) mass is 411 g/mol. The zero-order valence-electron chi connectivity index (χ0n) is 15.0. The Morgan fingerprint density at radius 2 is 1.64 bits per heavy atom. The molecular weight excluding hydrogens is 393 g/mol. The van der Waals surface area contributed by atoms with Gasteiger partial charge in [0.1, 0.15) is 11.6 Å². The Hall–Kier alpha value is -3.02. The molecule has 0 aliphatic rings. The molecule has 0 saturated heterocycles. The van der Waals surface area contributed by atoms with Crippen LogP contribution >= 0.6 is 0 Å². The van der Waals surface area contributed by atoms with E-state index in [4.69, 9.17) is 4.74 Å². The second kappa shape index (κ2) is 9.26. The summed E-state index contributed by atoms with van der Waals surface area (Å²) in [6.07, 6.45) is 0. The molecule has 0 aromatic heterocycles. The first-order valence-corrected chi connectivity index (χ1v) is 9.28. The predicted molar refractivity (Wildman–Crippen MR) is 95.9 cm³/mol. The molecule has 9 nitrogen and oxygen atoms in total. The fourth-order valence-corrected chi connectivity index (χ4v) is 2.91. The SMILES string of the molecule is CON(C)S(=O)(=O)c1ccc(C(=O)NNC(=O)COc2ccc(F)cc2)cc1. The van der Waals surface area contributed by atoms with Crippen LogP contribution in [0.2, 0.25) is 0 Å². The number of hydrogen-bond acceptors (Lipinski definition) is 6. The number of ether oxygens (including phenoxy) is 1. The predicted octanol–water partition coefficient (Wildman–Crippen LogP) is 0.848. The van der Waals surface area contributed by atoms with Crippen LogP contribution in [0.25, 0.3) is 0 Å². The van der Waals surface area contributed by atoms with Gasteiger partial charge in [0.2, 0.25) is 0 Å². The standard InChI is InChI=1S/C17H18FN3O6S/c1-21(26-2)28(24,25)15-9-3-12(4-10-15)17(23)20-19-16(22)11-27-14-7-5-13(18)6-8-14/h3-10H,11H2,1-2H3,(H,19,22)(H,20,23). The van der Waals surface area contributed by atoms with Crippen molar-refractivity contribution in [1.82, 2.24) is 15.3 Å². The number of nitrogens with one attached hydrogen (secondary N) is 2. The van der Waals surface area contributed by atoms with Gasteiger partial charge in [-0.25, -0.2) is 12.8 Å². The van der Waals surface area contributed by atoms with Crippen LogP contribution in [-0.2, 0) is 19.7 Å². The minimum Gasteiger partial charge on any atom is -0.484 e. The lowest BCUT2D eigenvalue weighted by Crippen LogP contribution is -2.43. The van der Waals surface area contributed by atoms with Crippen molar-refractivity contribution in [3.8, 4) is 5.75 Å². The van der Waals surface area contributed by atoms with E-state index < -0.39 is 34.3 Å². The first-order valence-electron chi connectivity index (χ1n) is 7.84. The summed E-state index contributed by atoms with van der Waals surface area (Å²) in [5.41, 5.74) is 4.45. The van der Waals surface area contributed by atoms with E-state index in [0.717, 1.165) is 0 Å². The average molecular weight is 411 g/mol. The van der Waals surface area contributed by atoms with Crippen LogP contribution in [0.15, 0.2) is 53.4 Å². The van der Waals surface area contributed by atoms with E-state index in [-0.39, 0.29) is 10.5 Å². The third kappa shape index (κ3) is 5.49. The summed E-state index contributed by atoms with van der Waals surface area (Å²) in [6.45, 7) is -0.396. The number of hydrazine groups is 1. The van der Waals surface area contributed by atoms with Crippen LogP contribution in [0.1, 0.15) is 10.4 Å². The van der Waals surface area contributed by atoms with Crippen LogP contribution in [0, 0.1) is 5.82 Å². The summed E-state index contributed by atoms with van der Waals surface area (Å²) in [7, 11) is -1.38. The van der Waals surface area contributed by atoms with Crippen LogP contribution in [0.3, 0.4) is 0 Å².